The summed E-state index contributed by atoms with van der Waals surface area (Å²) in [5, 5.41) is 0.613. The highest BCUT2D eigenvalue weighted by Gasteiger charge is 2.10. The van der Waals surface area contributed by atoms with Crippen LogP contribution in [-0.4, -0.2) is 23.1 Å². The molecule has 0 amide bonds. The van der Waals surface area contributed by atoms with Crippen LogP contribution in [0.4, 0.5) is 0 Å². The maximum atomic E-state index is 11.2. The predicted octanol–water partition coefficient (Wildman–Crippen LogP) is 3.11. The van der Waals surface area contributed by atoms with E-state index >= 15 is 0 Å². The number of ether oxygens (including phenoxy) is 1. The van der Waals surface area contributed by atoms with E-state index in [4.69, 9.17) is 4.74 Å². The standard InChI is InChI=1S/C11H22O2S/c1-8(2)10(5)14-7-6-11(12)13-9(3)4/h8-10H,6-7H2,1-5H3. The van der Waals surface area contributed by atoms with Gasteiger partial charge in [-0.15, -0.1) is 0 Å². The van der Waals surface area contributed by atoms with E-state index in [2.05, 4.69) is 20.8 Å². The summed E-state index contributed by atoms with van der Waals surface area (Å²) in [5.41, 5.74) is 0. The van der Waals surface area contributed by atoms with E-state index in [0.717, 1.165) is 5.75 Å². The van der Waals surface area contributed by atoms with Crippen LogP contribution in [0.15, 0.2) is 0 Å². The average molecular weight is 218 g/mol. The van der Waals surface area contributed by atoms with E-state index in [1.165, 1.54) is 0 Å². The number of hydrogen-bond acceptors (Lipinski definition) is 3. The van der Waals surface area contributed by atoms with Gasteiger partial charge in [-0.1, -0.05) is 20.8 Å². The lowest BCUT2D eigenvalue weighted by atomic mass is 10.2. The van der Waals surface area contributed by atoms with E-state index < -0.39 is 0 Å². The van der Waals surface area contributed by atoms with Crippen molar-refractivity contribution in [2.24, 2.45) is 5.92 Å². The smallest absolute Gasteiger partial charge is 0.306 e. The van der Waals surface area contributed by atoms with Gasteiger partial charge >= 0.3 is 5.97 Å². The summed E-state index contributed by atoms with van der Waals surface area (Å²) < 4.78 is 5.04. The number of carbonyl (C=O) groups excluding carboxylic acids is 1. The summed E-state index contributed by atoms with van der Waals surface area (Å²) in [6.45, 7) is 10.3. The quantitative estimate of drug-likeness (QED) is 0.641. The fourth-order valence-corrected chi connectivity index (χ4v) is 1.88. The van der Waals surface area contributed by atoms with Crippen LogP contribution in [-0.2, 0) is 9.53 Å². The van der Waals surface area contributed by atoms with Gasteiger partial charge in [0.15, 0.2) is 0 Å². The third kappa shape index (κ3) is 7.25. The molecule has 0 aliphatic carbocycles. The van der Waals surface area contributed by atoms with Gasteiger partial charge in [0.1, 0.15) is 0 Å². The zero-order chi connectivity index (χ0) is 11.1. The maximum absolute atomic E-state index is 11.2. The molecule has 0 saturated carbocycles. The minimum atomic E-state index is -0.0801. The first kappa shape index (κ1) is 13.8. The summed E-state index contributed by atoms with van der Waals surface area (Å²) in [6, 6.07) is 0. The lowest BCUT2D eigenvalue weighted by Crippen LogP contribution is -2.13. The van der Waals surface area contributed by atoms with Gasteiger partial charge in [0.25, 0.3) is 0 Å². The molecule has 0 saturated heterocycles. The Kier molecular flexibility index (Phi) is 7.06. The van der Waals surface area contributed by atoms with Crippen LogP contribution in [0.5, 0.6) is 0 Å². The van der Waals surface area contributed by atoms with Crippen molar-refractivity contribution >= 4 is 17.7 Å². The highest BCUT2D eigenvalue weighted by atomic mass is 32.2. The molecule has 3 heteroatoms. The zero-order valence-electron chi connectivity index (χ0n) is 9.87. The zero-order valence-corrected chi connectivity index (χ0v) is 10.7. The van der Waals surface area contributed by atoms with Gasteiger partial charge in [-0.3, -0.25) is 4.79 Å². The summed E-state index contributed by atoms with van der Waals surface area (Å²) in [7, 11) is 0. The van der Waals surface area contributed by atoms with Gasteiger partial charge in [0.05, 0.1) is 12.5 Å². The van der Waals surface area contributed by atoms with Crippen LogP contribution in [0.1, 0.15) is 41.0 Å². The Labute approximate surface area is 91.8 Å². The molecule has 0 rings (SSSR count). The predicted molar refractivity (Wildman–Crippen MR) is 62.6 cm³/mol. The molecule has 2 nitrogen and oxygen atoms in total. The molecular weight excluding hydrogens is 196 g/mol. The third-order valence-corrected chi connectivity index (χ3v) is 3.50. The molecule has 0 N–H and O–H groups in total. The van der Waals surface area contributed by atoms with Crippen LogP contribution in [0.2, 0.25) is 0 Å². The molecule has 0 heterocycles. The minimum absolute atomic E-state index is 0.00928. The van der Waals surface area contributed by atoms with Crippen molar-refractivity contribution in [2.75, 3.05) is 5.75 Å². The number of hydrogen-bond donors (Lipinski definition) is 0. The highest BCUT2D eigenvalue weighted by Crippen LogP contribution is 2.19. The first-order chi connectivity index (χ1) is 6.43. The van der Waals surface area contributed by atoms with Crippen molar-refractivity contribution in [2.45, 2.75) is 52.4 Å². The van der Waals surface area contributed by atoms with Crippen molar-refractivity contribution in [1.82, 2.24) is 0 Å². The van der Waals surface area contributed by atoms with Crippen LogP contribution in [0, 0.1) is 5.92 Å². The van der Waals surface area contributed by atoms with Gasteiger partial charge < -0.3 is 4.74 Å². The van der Waals surface area contributed by atoms with Crippen LogP contribution >= 0.6 is 11.8 Å². The number of rotatable bonds is 6. The highest BCUT2D eigenvalue weighted by molar-refractivity contribution is 7.99. The minimum Gasteiger partial charge on any atom is -0.463 e. The van der Waals surface area contributed by atoms with Gasteiger partial charge in [-0.2, -0.15) is 11.8 Å². The SMILES string of the molecule is CC(C)OC(=O)CCSC(C)C(C)C. The third-order valence-electron chi connectivity index (χ3n) is 1.99. The van der Waals surface area contributed by atoms with Gasteiger partial charge in [0, 0.05) is 11.0 Å². The normalized spacial score (nSPS) is 13.4. The molecule has 0 aliphatic rings. The topological polar surface area (TPSA) is 26.3 Å². The summed E-state index contributed by atoms with van der Waals surface area (Å²) in [6.07, 6.45) is 0.537. The molecule has 84 valence electrons. The number of thioether (sulfide) groups is 1. The van der Waals surface area contributed by atoms with Crippen LogP contribution in [0.25, 0.3) is 0 Å². The second kappa shape index (κ2) is 7.16. The van der Waals surface area contributed by atoms with Gasteiger partial charge in [-0.05, 0) is 19.8 Å². The Morgan fingerprint density at radius 3 is 2.21 bits per heavy atom. The van der Waals surface area contributed by atoms with Crippen LogP contribution in [0.3, 0.4) is 0 Å². The van der Waals surface area contributed by atoms with Crippen molar-refractivity contribution in [3.63, 3.8) is 0 Å². The fourth-order valence-electron chi connectivity index (χ4n) is 0.842. The molecular formula is C11H22O2S. The molecule has 0 aromatic carbocycles. The van der Waals surface area contributed by atoms with E-state index in [1.54, 1.807) is 0 Å². The molecule has 0 aliphatic heterocycles. The molecule has 0 bridgehead atoms. The maximum Gasteiger partial charge on any atom is 0.306 e. The van der Waals surface area contributed by atoms with E-state index in [9.17, 15) is 4.79 Å². The van der Waals surface area contributed by atoms with Gasteiger partial charge in [-0.25, -0.2) is 0 Å². The van der Waals surface area contributed by atoms with Gasteiger partial charge in [0.2, 0.25) is 0 Å². The summed E-state index contributed by atoms with van der Waals surface area (Å²) in [5.74, 6) is 1.45. The summed E-state index contributed by atoms with van der Waals surface area (Å²) in [4.78, 5) is 11.2. The molecule has 1 atom stereocenters. The average Bonchev–Trinajstić information content (AvgIpc) is 2.02. The Morgan fingerprint density at radius 2 is 1.79 bits per heavy atom. The molecule has 14 heavy (non-hydrogen) atoms. The first-order valence-corrected chi connectivity index (χ1v) is 6.29. The Hall–Kier alpha value is -0.180. The number of esters is 1. The lowest BCUT2D eigenvalue weighted by molar-refractivity contribution is -0.146. The van der Waals surface area contributed by atoms with Crippen molar-refractivity contribution in [3.05, 3.63) is 0 Å². The van der Waals surface area contributed by atoms with Crippen molar-refractivity contribution < 1.29 is 9.53 Å². The molecule has 0 spiro atoms. The largest absolute Gasteiger partial charge is 0.463 e. The molecule has 1 unspecified atom stereocenters. The molecule has 0 fully saturated rings. The Bertz CT molecular complexity index is 167. The van der Waals surface area contributed by atoms with E-state index in [0.29, 0.717) is 17.6 Å². The first-order valence-electron chi connectivity index (χ1n) is 5.24. The Morgan fingerprint density at radius 1 is 1.21 bits per heavy atom. The Balaban J connectivity index is 3.49. The molecule has 0 aromatic rings. The second-order valence-corrected chi connectivity index (χ2v) is 5.59. The number of carbonyl (C=O) groups is 1. The monoisotopic (exact) mass is 218 g/mol. The lowest BCUT2D eigenvalue weighted by Gasteiger charge is -2.14. The second-order valence-electron chi connectivity index (χ2n) is 4.11. The van der Waals surface area contributed by atoms with Crippen molar-refractivity contribution in [1.29, 1.82) is 0 Å². The van der Waals surface area contributed by atoms with E-state index in [1.807, 2.05) is 25.6 Å². The van der Waals surface area contributed by atoms with E-state index in [-0.39, 0.29) is 12.1 Å². The molecule has 0 aromatic heterocycles. The van der Waals surface area contributed by atoms with Crippen LogP contribution < -0.4 is 0 Å². The summed E-state index contributed by atoms with van der Waals surface area (Å²) >= 11 is 1.84. The fraction of sp³-hybridized carbons (Fsp3) is 0.909. The molecule has 0 radical (unpaired) electrons. The van der Waals surface area contributed by atoms with Crippen molar-refractivity contribution in [3.8, 4) is 0 Å².